The van der Waals surface area contributed by atoms with Gasteiger partial charge in [-0.25, -0.2) is 4.68 Å². The molecule has 1 heterocycles. The molecule has 1 aromatic heterocycles. The number of rotatable bonds is 7. The number of hydrogen-bond donors (Lipinski definition) is 0. The minimum atomic E-state index is 0.948. The summed E-state index contributed by atoms with van der Waals surface area (Å²) in [6, 6.07) is 55.7. The summed E-state index contributed by atoms with van der Waals surface area (Å²) in [5, 5.41) is 5.08. The first-order chi connectivity index (χ1) is 22.0. The van der Waals surface area contributed by atoms with E-state index < -0.39 is 0 Å². The van der Waals surface area contributed by atoms with Crippen molar-refractivity contribution in [3.63, 3.8) is 0 Å². The molecule has 6 aromatic carbocycles. The van der Waals surface area contributed by atoms with Crippen LogP contribution in [-0.4, -0.2) is 9.78 Å². The van der Waals surface area contributed by atoms with Gasteiger partial charge in [-0.15, -0.1) is 0 Å². The lowest BCUT2D eigenvalue weighted by Gasteiger charge is -2.26. The highest BCUT2D eigenvalue weighted by Gasteiger charge is 2.16. The van der Waals surface area contributed by atoms with Crippen LogP contribution in [0.25, 0.3) is 39.3 Å². The van der Waals surface area contributed by atoms with E-state index in [9.17, 15) is 0 Å². The Morgan fingerprint density at radius 2 is 0.956 bits per heavy atom. The van der Waals surface area contributed by atoms with Gasteiger partial charge in [-0.2, -0.15) is 5.10 Å². The lowest BCUT2D eigenvalue weighted by atomic mass is 9.93. The van der Waals surface area contributed by atoms with Crippen molar-refractivity contribution in [2.24, 2.45) is 0 Å². The average Bonchev–Trinajstić information content (AvgIpc) is 3.53. The van der Waals surface area contributed by atoms with Gasteiger partial charge in [0.1, 0.15) is 0 Å². The summed E-state index contributed by atoms with van der Waals surface area (Å²) in [6.07, 6.45) is 0. The van der Waals surface area contributed by atoms with Crippen molar-refractivity contribution in [3.8, 4) is 39.3 Å². The maximum absolute atomic E-state index is 5.08. The summed E-state index contributed by atoms with van der Waals surface area (Å²) in [6.45, 7) is 6.56. The Morgan fingerprint density at radius 1 is 0.467 bits per heavy atom. The number of aromatic nitrogens is 2. The summed E-state index contributed by atoms with van der Waals surface area (Å²) in [5.74, 6) is 0. The van der Waals surface area contributed by atoms with Gasteiger partial charge in [0.25, 0.3) is 0 Å². The molecule has 0 radical (unpaired) electrons. The third-order valence-corrected chi connectivity index (χ3v) is 8.31. The van der Waals surface area contributed by atoms with Gasteiger partial charge in [-0.1, -0.05) is 109 Å². The van der Waals surface area contributed by atoms with Gasteiger partial charge in [-0.3, -0.25) is 0 Å². The molecule has 7 rings (SSSR count). The number of para-hydroxylation sites is 1. The Labute approximate surface area is 265 Å². The van der Waals surface area contributed by atoms with Crippen molar-refractivity contribution in [1.29, 1.82) is 0 Å². The average molecular weight is 582 g/mol. The van der Waals surface area contributed by atoms with Crippen molar-refractivity contribution >= 4 is 17.1 Å². The number of benzene rings is 6. The Kier molecular flexibility index (Phi) is 7.59. The van der Waals surface area contributed by atoms with Crippen LogP contribution in [0.5, 0.6) is 0 Å². The van der Waals surface area contributed by atoms with Crippen LogP contribution in [0.4, 0.5) is 17.1 Å². The predicted octanol–water partition coefficient (Wildman–Crippen LogP) is 11.3. The zero-order valence-electron chi connectivity index (χ0n) is 25.9. The normalized spacial score (nSPS) is 11.0. The minimum Gasteiger partial charge on any atom is -0.311 e. The van der Waals surface area contributed by atoms with E-state index in [1.165, 1.54) is 27.8 Å². The molecule has 0 aliphatic rings. The van der Waals surface area contributed by atoms with Gasteiger partial charge in [0.15, 0.2) is 0 Å². The molecule has 45 heavy (non-hydrogen) atoms. The number of hydrogen-bond acceptors (Lipinski definition) is 2. The van der Waals surface area contributed by atoms with Crippen LogP contribution in [0, 0.1) is 20.8 Å². The second-order valence-corrected chi connectivity index (χ2v) is 11.6. The highest BCUT2D eigenvalue weighted by molar-refractivity contribution is 5.80. The topological polar surface area (TPSA) is 21.1 Å². The highest BCUT2D eigenvalue weighted by atomic mass is 15.3. The number of aryl methyl sites for hydroxylation is 3. The van der Waals surface area contributed by atoms with Crippen molar-refractivity contribution in [2.75, 3.05) is 4.90 Å². The van der Waals surface area contributed by atoms with Crippen LogP contribution in [-0.2, 0) is 0 Å². The van der Waals surface area contributed by atoms with Gasteiger partial charge < -0.3 is 4.90 Å². The molecule has 0 amide bonds. The maximum atomic E-state index is 5.08. The predicted molar refractivity (Wildman–Crippen MR) is 189 cm³/mol. The third kappa shape index (κ3) is 5.69. The fourth-order valence-electron chi connectivity index (χ4n) is 6.32. The molecule has 0 fully saturated rings. The van der Waals surface area contributed by atoms with E-state index in [-0.39, 0.29) is 0 Å². The van der Waals surface area contributed by atoms with Crippen molar-refractivity contribution in [2.45, 2.75) is 20.8 Å². The molecule has 0 N–H and O–H groups in total. The molecule has 218 valence electrons. The monoisotopic (exact) mass is 581 g/mol. The first kappa shape index (κ1) is 28.1. The summed E-state index contributed by atoms with van der Waals surface area (Å²) in [4.78, 5) is 2.30. The van der Waals surface area contributed by atoms with Crippen LogP contribution in [0.3, 0.4) is 0 Å². The third-order valence-electron chi connectivity index (χ3n) is 8.31. The summed E-state index contributed by atoms with van der Waals surface area (Å²) < 4.78 is 2.05. The van der Waals surface area contributed by atoms with E-state index in [1.54, 1.807) is 0 Å². The van der Waals surface area contributed by atoms with Gasteiger partial charge >= 0.3 is 0 Å². The molecular formula is C42H35N3. The van der Waals surface area contributed by atoms with Gasteiger partial charge in [0.2, 0.25) is 0 Å². The lowest BCUT2D eigenvalue weighted by Crippen LogP contribution is -2.10. The molecule has 0 saturated carbocycles. The molecule has 0 bridgehead atoms. The summed E-state index contributed by atoms with van der Waals surface area (Å²) in [7, 11) is 0. The fraction of sp³-hybridized carbons (Fsp3) is 0.0714. The molecule has 0 unspecified atom stereocenters. The van der Waals surface area contributed by atoms with Gasteiger partial charge in [-0.05, 0) is 97.6 Å². The van der Waals surface area contributed by atoms with Crippen LogP contribution in [0.15, 0.2) is 158 Å². The molecule has 0 spiro atoms. The summed E-state index contributed by atoms with van der Waals surface area (Å²) in [5.41, 5.74) is 15.0. The standard InChI is InChI=1S/C42H35N3/c1-30-27-31(2)42(32(3)28-30)35-19-21-37(22-20-35)44(36-17-11-6-12-18-36)38-23-25-39(26-24-38)45-41(34-15-9-5-10-16-34)29-40(43-45)33-13-7-4-8-14-33/h4-29H,1-3H3. The molecular weight excluding hydrogens is 546 g/mol. The largest absolute Gasteiger partial charge is 0.311 e. The summed E-state index contributed by atoms with van der Waals surface area (Å²) >= 11 is 0. The van der Waals surface area contributed by atoms with E-state index in [4.69, 9.17) is 5.10 Å². The first-order valence-corrected chi connectivity index (χ1v) is 15.4. The van der Waals surface area contributed by atoms with Crippen LogP contribution < -0.4 is 4.90 Å². The molecule has 0 aliphatic carbocycles. The van der Waals surface area contributed by atoms with Crippen LogP contribution in [0.1, 0.15) is 16.7 Å². The molecule has 7 aromatic rings. The Balaban J connectivity index is 1.28. The van der Waals surface area contributed by atoms with E-state index in [1.807, 2.05) is 12.1 Å². The Hall–Kier alpha value is -5.67. The fourth-order valence-corrected chi connectivity index (χ4v) is 6.32. The van der Waals surface area contributed by atoms with E-state index in [0.717, 1.165) is 45.3 Å². The Morgan fingerprint density at radius 3 is 1.53 bits per heavy atom. The lowest BCUT2D eigenvalue weighted by molar-refractivity contribution is 0.892. The Bertz CT molecular complexity index is 2020. The van der Waals surface area contributed by atoms with Gasteiger partial charge in [0, 0.05) is 28.2 Å². The first-order valence-electron chi connectivity index (χ1n) is 15.4. The molecule has 3 nitrogen and oxygen atoms in total. The van der Waals surface area contributed by atoms with E-state index >= 15 is 0 Å². The quantitative estimate of drug-likeness (QED) is 0.187. The minimum absolute atomic E-state index is 0.948. The number of anilines is 3. The second kappa shape index (κ2) is 12.1. The van der Waals surface area contributed by atoms with Crippen LogP contribution >= 0.6 is 0 Å². The van der Waals surface area contributed by atoms with E-state index in [0.29, 0.717) is 0 Å². The SMILES string of the molecule is Cc1cc(C)c(-c2ccc(N(c3ccccc3)c3ccc(-n4nc(-c5ccccc5)cc4-c4ccccc4)cc3)cc2)c(C)c1. The zero-order chi connectivity index (χ0) is 30.8. The van der Waals surface area contributed by atoms with Crippen LogP contribution in [0.2, 0.25) is 0 Å². The maximum Gasteiger partial charge on any atom is 0.0934 e. The second-order valence-electron chi connectivity index (χ2n) is 11.6. The molecule has 0 aliphatic heterocycles. The van der Waals surface area contributed by atoms with Crippen molar-refractivity contribution in [1.82, 2.24) is 9.78 Å². The smallest absolute Gasteiger partial charge is 0.0934 e. The van der Waals surface area contributed by atoms with Crippen molar-refractivity contribution < 1.29 is 0 Å². The highest BCUT2D eigenvalue weighted by Crippen LogP contribution is 2.37. The van der Waals surface area contributed by atoms with Crippen molar-refractivity contribution in [3.05, 3.63) is 174 Å². The molecule has 0 atom stereocenters. The van der Waals surface area contributed by atoms with Gasteiger partial charge in [0.05, 0.1) is 17.1 Å². The van der Waals surface area contributed by atoms with E-state index in [2.05, 4.69) is 176 Å². The molecule has 0 saturated heterocycles. The molecule has 3 heteroatoms. The number of nitrogens with zero attached hydrogens (tertiary/aromatic N) is 3. The zero-order valence-corrected chi connectivity index (χ0v) is 25.9.